The van der Waals surface area contributed by atoms with E-state index in [0.29, 0.717) is 5.92 Å². The first-order valence-corrected chi connectivity index (χ1v) is 8.74. The fourth-order valence-electron chi connectivity index (χ4n) is 3.40. The molecule has 0 saturated carbocycles. The van der Waals surface area contributed by atoms with Crippen molar-refractivity contribution in [1.29, 1.82) is 0 Å². The Bertz CT molecular complexity index is 547. The van der Waals surface area contributed by atoms with Crippen molar-refractivity contribution in [2.24, 2.45) is 0 Å². The lowest BCUT2D eigenvalue weighted by atomic mass is 9.95. The van der Waals surface area contributed by atoms with Gasteiger partial charge < -0.3 is 9.64 Å². The Morgan fingerprint density at radius 2 is 2.18 bits per heavy atom. The van der Waals surface area contributed by atoms with Crippen LogP contribution < -0.4 is 0 Å². The number of rotatable bonds is 3. The number of carbonyl (C=O) groups excluding carboxylic acids is 1. The number of likely N-dealkylation sites (N-methyl/N-ethyl adjacent to an activating group) is 1. The molecule has 0 N–H and O–H groups in total. The minimum Gasteiger partial charge on any atom is -0.441 e. The summed E-state index contributed by atoms with van der Waals surface area (Å²) in [4.78, 5) is 17.1. The van der Waals surface area contributed by atoms with Gasteiger partial charge in [0.2, 0.25) is 0 Å². The van der Waals surface area contributed by atoms with E-state index in [1.54, 1.807) is 4.90 Å². The van der Waals surface area contributed by atoms with E-state index in [9.17, 15) is 4.79 Å². The molecule has 122 valence electrons. The van der Waals surface area contributed by atoms with Crippen LogP contribution in [0.2, 0.25) is 0 Å². The number of ether oxygens (including phenoxy) is 1. The number of nitrogens with zero attached hydrogens (tertiary/aromatic N) is 4. The number of hydrogen-bond donors (Lipinski definition) is 0. The molecule has 2 saturated heterocycles. The highest BCUT2D eigenvalue weighted by atomic mass is 32.1. The highest BCUT2D eigenvalue weighted by Crippen LogP contribution is 2.33. The summed E-state index contributed by atoms with van der Waals surface area (Å²) in [5, 5.41) is 4.26. The molecular formula is C15H24N4O2S. The maximum Gasteiger partial charge on any atom is 0.410 e. The number of likely N-dealkylation sites (tertiary alicyclic amines) is 1. The van der Waals surface area contributed by atoms with Crippen molar-refractivity contribution in [3.63, 3.8) is 0 Å². The first-order valence-electron chi connectivity index (χ1n) is 7.97. The van der Waals surface area contributed by atoms with Gasteiger partial charge in [-0.15, -0.1) is 5.10 Å². The Morgan fingerprint density at radius 3 is 2.86 bits per heavy atom. The Hall–Kier alpha value is -1.21. The van der Waals surface area contributed by atoms with Crippen molar-refractivity contribution >= 4 is 17.6 Å². The van der Waals surface area contributed by atoms with E-state index in [-0.39, 0.29) is 11.7 Å². The third kappa shape index (κ3) is 3.10. The molecule has 3 heterocycles. The lowest BCUT2D eigenvalue weighted by Gasteiger charge is -2.25. The fourth-order valence-corrected chi connectivity index (χ4v) is 4.24. The summed E-state index contributed by atoms with van der Waals surface area (Å²) in [6.07, 6.45) is 2.75. The molecular weight excluding hydrogens is 300 g/mol. The first kappa shape index (κ1) is 15.7. The number of carbonyl (C=O) groups is 1. The molecule has 2 aliphatic heterocycles. The van der Waals surface area contributed by atoms with Gasteiger partial charge in [0.15, 0.2) is 0 Å². The van der Waals surface area contributed by atoms with Crippen LogP contribution in [0.15, 0.2) is 0 Å². The lowest BCUT2D eigenvalue weighted by molar-refractivity contribution is 0.0443. The first-order chi connectivity index (χ1) is 10.5. The smallest absolute Gasteiger partial charge is 0.410 e. The average molecular weight is 324 g/mol. The van der Waals surface area contributed by atoms with Crippen molar-refractivity contribution in [2.45, 2.75) is 51.2 Å². The van der Waals surface area contributed by atoms with Gasteiger partial charge in [-0.2, -0.15) is 0 Å². The van der Waals surface area contributed by atoms with Crippen LogP contribution in [-0.2, 0) is 11.3 Å². The van der Waals surface area contributed by atoms with Gasteiger partial charge in [0.25, 0.3) is 0 Å². The summed E-state index contributed by atoms with van der Waals surface area (Å²) in [5.74, 6) is 0.413. The molecule has 7 heteroatoms. The number of aromatic nitrogens is 2. The highest BCUT2D eigenvalue weighted by molar-refractivity contribution is 7.05. The second-order valence-electron chi connectivity index (χ2n) is 6.77. The van der Waals surface area contributed by atoms with Gasteiger partial charge in [-0.1, -0.05) is 18.3 Å². The predicted molar refractivity (Wildman–Crippen MR) is 85.0 cm³/mol. The van der Waals surface area contributed by atoms with Crippen LogP contribution in [0.3, 0.4) is 0 Å². The van der Waals surface area contributed by atoms with Gasteiger partial charge in [-0.05, 0) is 36.8 Å². The molecule has 2 fully saturated rings. The van der Waals surface area contributed by atoms with Crippen LogP contribution in [0.5, 0.6) is 0 Å². The number of amides is 1. The van der Waals surface area contributed by atoms with E-state index in [4.69, 9.17) is 4.74 Å². The van der Waals surface area contributed by atoms with Crippen molar-refractivity contribution in [1.82, 2.24) is 19.4 Å². The largest absolute Gasteiger partial charge is 0.441 e. The third-order valence-corrected chi connectivity index (χ3v) is 5.35. The zero-order chi connectivity index (χ0) is 15.7. The molecule has 0 bridgehead atoms. The van der Waals surface area contributed by atoms with Crippen molar-refractivity contribution in [3.8, 4) is 0 Å². The molecule has 22 heavy (non-hydrogen) atoms. The minimum absolute atomic E-state index is 0.179. The molecule has 0 unspecified atom stereocenters. The Kier molecular flexibility index (Phi) is 4.36. The maximum atomic E-state index is 11.7. The highest BCUT2D eigenvalue weighted by Gasteiger charge is 2.44. The summed E-state index contributed by atoms with van der Waals surface area (Å²) < 4.78 is 9.78. The van der Waals surface area contributed by atoms with Gasteiger partial charge >= 0.3 is 6.09 Å². The SMILES string of the molecule is CC(C)c1nnsc1CN1CCC[C@]2(CC1)CN(C)C(=O)O2. The third-order valence-electron chi connectivity index (χ3n) is 4.63. The molecule has 1 atom stereocenters. The molecule has 1 aromatic heterocycles. The molecule has 0 aromatic carbocycles. The molecule has 2 aliphatic rings. The van der Waals surface area contributed by atoms with Gasteiger partial charge in [0, 0.05) is 26.6 Å². The summed E-state index contributed by atoms with van der Waals surface area (Å²) in [7, 11) is 1.82. The predicted octanol–water partition coefficient (Wildman–Crippen LogP) is 2.47. The zero-order valence-electron chi connectivity index (χ0n) is 13.5. The van der Waals surface area contributed by atoms with Crippen LogP contribution in [0, 0.1) is 0 Å². The van der Waals surface area contributed by atoms with Crippen molar-refractivity contribution in [3.05, 3.63) is 10.6 Å². The Balaban J connectivity index is 1.64. The van der Waals surface area contributed by atoms with Crippen molar-refractivity contribution in [2.75, 3.05) is 26.7 Å². The fraction of sp³-hybridized carbons (Fsp3) is 0.800. The van der Waals surface area contributed by atoms with Crippen LogP contribution in [0.1, 0.15) is 49.6 Å². The molecule has 1 spiro atoms. The average Bonchev–Trinajstić information content (AvgIpc) is 2.96. The van der Waals surface area contributed by atoms with E-state index in [0.717, 1.165) is 51.1 Å². The van der Waals surface area contributed by atoms with Gasteiger partial charge in [-0.3, -0.25) is 4.90 Å². The quantitative estimate of drug-likeness (QED) is 0.855. The summed E-state index contributed by atoms with van der Waals surface area (Å²) in [6, 6.07) is 0. The molecule has 6 nitrogen and oxygen atoms in total. The van der Waals surface area contributed by atoms with Gasteiger partial charge in [0.1, 0.15) is 5.60 Å². The summed E-state index contributed by atoms with van der Waals surface area (Å²) in [6.45, 7) is 7.94. The van der Waals surface area contributed by atoms with Gasteiger partial charge in [0.05, 0.1) is 17.1 Å². The molecule has 0 radical (unpaired) electrons. The standard InChI is InChI=1S/C15H24N4O2S/c1-11(2)13-12(22-17-16-13)9-19-7-4-5-15(6-8-19)10-18(3)14(20)21-15/h11H,4-10H2,1-3H3/t15-/m0/s1. The maximum absolute atomic E-state index is 11.7. The second-order valence-corrected chi connectivity index (χ2v) is 7.61. The minimum atomic E-state index is -0.270. The summed E-state index contributed by atoms with van der Waals surface area (Å²) >= 11 is 1.51. The normalized spacial score (nSPS) is 26.7. The molecule has 0 aliphatic carbocycles. The molecule has 1 amide bonds. The van der Waals surface area contributed by atoms with E-state index >= 15 is 0 Å². The lowest BCUT2D eigenvalue weighted by Crippen LogP contribution is -2.35. The van der Waals surface area contributed by atoms with Crippen LogP contribution in [0.25, 0.3) is 0 Å². The van der Waals surface area contributed by atoms with Crippen molar-refractivity contribution < 1.29 is 9.53 Å². The van der Waals surface area contributed by atoms with E-state index in [1.807, 2.05) is 7.05 Å². The summed E-state index contributed by atoms with van der Waals surface area (Å²) in [5.41, 5.74) is 0.851. The Labute approximate surface area is 135 Å². The van der Waals surface area contributed by atoms with Gasteiger partial charge in [-0.25, -0.2) is 4.79 Å². The van der Waals surface area contributed by atoms with E-state index in [2.05, 4.69) is 28.3 Å². The Morgan fingerprint density at radius 1 is 1.36 bits per heavy atom. The van der Waals surface area contributed by atoms with E-state index in [1.165, 1.54) is 16.4 Å². The van der Waals surface area contributed by atoms with Crippen LogP contribution >= 0.6 is 11.5 Å². The number of hydrogen-bond acceptors (Lipinski definition) is 6. The monoisotopic (exact) mass is 324 g/mol. The van der Waals surface area contributed by atoms with Crippen LogP contribution in [-0.4, -0.2) is 57.8 Å². The van der Waals surface area contributed by atoms with Crippen LogP contribution in [0.4, 0.5) is 4.79 Å². The molecule has 1 aromatic rings. The molecule has 3 rings (SSSR count). The zero-order valence-corrected chi connectivity index (χ0v) is 14.4. The second kappa shape index (κ2) is 6.12. The van der Waals surface area contributed by atoms with E-state index < -0.39 is 0 Å². The topological polar surface area (TPSA) is 58.6 Å².